The van der Waals surface area contributed by atoms with Crippen molar-refractivity contribution in [2.45, 2.75) is 232 Å². The van der Waals surface area contributed by atoms with Crippen LogP contribution < -0.4 is 0 Å². The molecule has 0 aromatic carbocycles. The van der Waals surface area contributed by atoms with E-state index in [4.69, 9.17) is 37.0 Å². The third-order valence-corrected chi connectivity index (χ3v) is 12.3. The van der Waals surface area contributed by atoms with Crippen LogP contribution in [0, 0.1) is 0 Å². The van der Waals surface area contributed by atoms with Gasteiger partial charge in [0.05, 0.1) is 26.4 Å². The molecule has 0 radical (unpaired) electrons. The summed E-state index contributed by atoms with van der Waals surface area (Å²) in [6, 6.07) is 0. The molecule has 0 saturated carbocycles. The van der Waals surface area contributed by atoms with Gasteiger partial charge in [-0.15, -0.1) is 0 Å². The molecule has 0 aromatic heterocycles. The first-order chi connectivity index (χ1) is 31.2. The molecule has 0 heterocycles. The van der Waals surface area contributed by atoms with Crippen LogP contribution in [0.2, 0.25) is 0 Å². The average Bonchev–Trinajstić information content (AvgIpc) is 3.27. The summed E-state index contributed by atoms with van der Waals surface area (Å²) in [4.78, 5) is 70.3. The second-order valence-corrected chi connectivity index (χ2v) is 19.7. The van der Waals surface area contributed by atoms with E-state index < -0.39 is 97.5 Å². The number of phosphoric ester groups is 2. The van der Waals surface area contributed by atoms with Crippen LogP contribution in [0.3, 0.4) is 0 Å². The van der Waals surface area contributed by atoms with Crippen LogP contribution in [0.4, 0.5) is 0 Å². The molecule has 2 unspecified atom stereocenters. The predicted molar refractivity (Wildman–Crippen MR) is 248 cm³/mol. The molecule has 0 aliphatic carbocycles. The van der Waals surface area contributed by atoms with Gasteiger partial charge in [0.15, 0.2) is 12.2 Å². The van der Waals surface area contributed by atoms with Gasteiger partial charge in [-0.25, -0.2) is 9.13 Å². The van der Waals surface area contributed by atoms with Gasteiger partial charge in [0.2, 0.25) is 0 Å². The summed E-state index contributed by atoms with van der Waals surface area (Å²) in [5, 5.41) is 10.3. The Morgan fingerprint density at radius 2 is 0.631 bits per heavy atom. The minimum Gasteiger partial charge on any atom is -0.462 e. The second-order valence-electron chi connectivity index (χ2n) is 16.8. The molecule has 65 heavy (non-hydrogen) atoms. The number of hydrogen-bond donors (Lipinski definition) is 3. The van der Waals surface area contributed by atoms with Crippen molar-refractivity contribution in [2.24, 2.45) is 0 Å². The zero-order valence-electron chi connectivity index (χ0n) is 40.4. The molecule has 0 bridgehead atoms. The van der Waals surface area contributed by atoms with Crippen LogP contribution in [0.1, 0.15) is 214 Å². The van der Waals surface area contributed by atoms with Crippen molar-refractivity contribution in [3.05, 3.63) is 0 Å². The molecule has 5 atom stereocenters. The van der Waals surface area contributed by atoms with Crippen LogP contribution >= 0.6 is 15.6 Å². The van der Waals surface area contributed by atoms with E-state index in [-0.39, 0.29) is 25.7 Å². The monoisotopic (exact) mass is 975 g/mol. The van der Waals surface area contributed by atoms with Gasteiger partial charge in [-0.2, -0.15) is 0 Å². The van der Waals surface area contributed by atoms with Crippen LogP contribution in [0.5, 0.6) is 0 Å². The number of unbranched alkanes of at least 4 members (excludes halogenated alkanes) is 21. The first-order valence-corrected chi connectivity index (χ1v) is 27.8. The Morgan fingerprint density at radius 3 is 0.954 bits per heavy atom. The van der Waals surface area contributed by atoms with Gasteiger partial charge >= 0.3 is 39.5 Å². The first-order valence-electron chi connectivity index (χ1n) is 24.8. The topological polar surface area (TPSA) is 237 Å². The summed E-state index contributed by atoms with van der Waals surface area (Å²) < 4.78 is 66.4. The lowest BCUT2D eigenvalue weighted by atomic mass is 10.1. The molecule has 0 fully saturated rings. The number of phosphoric acid groups is 2. The zero-order valence-corrected chi connectivity index (χ0v) is 42.2. The number of carbonyl (C=O) groups is 4. The highest BCUT2D eigenvalue weighted by Crippen LogP contribution is 2.45. The number of aliphatic hydroxyl groups excluding tert-OH is 1. The van der Waals surface area contributed by atoms with Gasteiger partial charge in [0.25, 0.3) is 0 Å². The maximum absolute atomic E-state index is 12.8. The fourth-order valence-electron chi connectivity index (χ4n) is 6.43. The molecule has 0 saturated heterocycles. The van der Waals surface area contributed by atoms with Crippen molar-refractivity contribution in [1.29, 1.82) is 0 Å². The Morgan fingerprint density at radius 1 is 0.369 bits per heavy atom. The summed E-state index contributed by atoms with van der Waals surface area (Å²) in [5.74, 6) is -2.21. The van der Waals surface area contributed by atoms with Gasteiger partial charge in [-0.05, 0) is 25.7 Å². The zero-order chi connectivity index (χ0) is 48.4. The molecule has 0 aliphatic heterocycles. The third-order valence-electron chi connectivity index (χ3n) is 10.4. The largest absolute Gasteiger partial charge is 0.472 e. The molecule has 0 aliphatic rings. The summed E-state index contributed by atoms with van der Waals surface area (Å²) in [6.07, 6.45) is 21.4. The van der Waals surface area contributed by atoms with Crippen LogP contribution in [-0.2, 0) is 65.4 Å². The molecule has 0 spiro atoms. The normalized spacial score (nSPS) is 14.8. The van der Waals surface area contributed by atoms with Gasteiger partial charge < -0.3 is 33.8 Å². The average molecular weight is 975 g/mol. The molecule has 384 valence electrons. The Labute approximate surface area is 390 Å². The highest BCUT2D eigenvalue weighted by molar-refractivity contribution is 7.47. The van der Waals surface area contributed by atoms with Crippen molar-refractivity contribution < 1.29 is 80.2 Å². The van der Waals surface area contributed by atoms with Crippen LogP contribution in [0.15, 0.2) is 0 Å². The lowest BCUT2D eigenvalue weighted by Crippen LogP contribution is -2.30. The molecule has 3 N–H and O–H groups in total. The van der Waals surface area contributed by atoms with E-state index >= 15 is 0 Å². The number of aliphatic hydroxyl groups is 1. The van der Waals surface area contributed by atoms with Crippen molar-refractivity contribution in [3.63, 3.8) is 0 Å². The van der Waals surface area contributed by atoms with Crippen molar-refractivity contribution in [3.8, 4) is 0 Å². The highest BCUT2D eigenvalue weighted by Gasteiger charge is 2.30. The fraction of sp³-hybridized carbons (Fsp3) is 0.913. The number of hydrogen-bond acceptors (Lipinski definition) is 15. The van der Waals surface area contributed by atoms with Crippen LogP contribution in [-0.4, -0.2) is 96.7 Å². The van der Waals surface area contributed by atoms with E-state index in [1.165, 1.54) is 57.8 Å². The smallest absolute Gasteiger partial charge is 0.462 e. The Bertz CT molecular complexity index is 1300. The Kier molecular flexibility index (Phi) is 40.9. The van der Waals surface area contributed by atoms with E-state index in [9.17, 15) is 43.2 Å². The van der Waals surface area contributed by atoms with Crippen molar-refractivity contribution in [2.75, 3.05) is 39.6 Å². The summed E-state index contributed by atoms with van der Waals surface area (Å²) >= 11 is 0. The minimum atomic E-state index is -4.91. The minimum absolute atomic E-state index is 0.0972. The van der Waals surface area contributed by atoms with E-state index in [1.54, 1.807) is 0 Å². The van der Waals surface area contributed by atoms with E-state index in [0.29, 0.717) is 25.7 Å². The third kappa shape index (κ3) is 41.9. The van der Waals surface area contributed by atoms with E-state index in [2.05, 4.69) is 20.8 Å². The van der Waals surface area contributed by atoms with Gasteiger partial charge in [-0.3, -0.25) is 37.3 Å². The maximum atomic E-state index is 12.8. The number of rotatable bonds is 47. The predicted octanol–water partition coefficient (Wildman–Crippen LogP) is 10.9. The molecule has 0 rings (SSSR count). The number of esters is 4. The second kappa shape index (κ2) is 42.2. The molecule has 19 heteroatoms. The number of ether oxygens (including phenoxy) is 4. The van der Waals surface area contributed by atoms with Crippen molar-refractivity contribution >= 4 is 39.5 Å². The Balaban J connectivity index is 5.10. The molecular weight excluding hydrogens is 886 g/mol. The van der Waals surface area contributed by atoms with Gasteiger partial charge in [-0.1, -0.05) is 163 Å². The van der Waals surface area contributed by atoms with Crippen molar-refractivity contribution in [1.82, 2.24) is 0 Å². The first kappa shape index (κ1) is 63.1. The fourth-order valence-corrected chi connectivity index (χ4v) is 8.01. The Hall–Kier alpha value is -1.94. The molecule has 0 amide bonds. The SMILES string of the molecule is CCCCCCCCCCCC(=O)OC[C@H](COP(=O)(O)OC[C@@H](O)COP(=O)(O)OC[C@@H](COC(=O)CCCC)OC(=O)CCCCCCC)OC(=O)CCCCCCCCCCC. The molecule has 0 aromatic rings. The van der Waals surface area contributed by atoms with E-state index in [0.717, 1.165) is 77.0 Å². The summed E-state index contributed by atoms with van der Waals surface area (Å²) in [5.41, 5.74) is 0. The highest BCUT2D eigenvalue weighted by atomic mass is 31.2. The maximum Gasteiger partial charge on any atom is 0.472 e. The quantitative estimate of drug-likeness (QED) is 0.0222. The standard InChI is InChI=1S/C46H88O17P2/c1-5-9-13-16-18-20-22-25-27-31-44(49)57-37-42(63-46(51)33-29-26-23-21-19-17-14-10-6-2)39-61-65(54,55)59-35-40(47)34-58-64(52,53)60-38-41(36-56-43(48)30-12-8-4)62-45(50)32-28-24-15-11-7-3/h40-42,47H,5-39H2,1-4H3,(H,52,53)(H,54,55)/t40-,41+,42+/m0/s1. The summed E-state index contributed by atoms with van der Waals surface area (Å²) in [7, 11) is -9.81. The lowest BCUT2D eigenvalue weighted by Gasteiger charge is -2.21. The van der Waals surface area contributed by atoms with Gasteiger partial charge in [0, 0.05) is 25.7 Å². The van der Waals surface area contributed by atoms with Gasteiger partial charge in [0.1, 0.15) is 19.3 Å². The molecule has 17 nitrogen and oxygen atoms in total. The van der Waals surface area contributed by atoms with E-state index in [1.807, 2.05) is 6.92 Å². The lowest BCUT2D eigenvalue weighted by molar-refractivity contribution is -0.161. The molecular formula is C46H88O17P2. The van der Waals surface area contributed by atoms with Crippen LogP contribution in [0.25, 0.3) is 0 Å². The number of carbonyl (C=O) groups excluding carboxylic acids is 4. The summed E-state index contributed by atoms with van der Waals surface area (Å²) in [6.45, 7) is 4.36.